The molecule has 17 heavy (non-hydrogen) atoms. The number of primary amides is 1. The molecule has 0 saturated carbocycles. The molecule has 0 fully saturated rings. The third-order valence-corrected chi connectivity index (χ3v) is 2.91. The van der Waals surface area contributed by atoms with Crippen LogP contribution in [0.15, 0.2) is 12.1 Å². The molecule has 1 atom stereocenters. The molecule has 1 aromatic rings. The number of hydrogen-bond acceptors (Lipinski definition) is 4. The van der Waals surface area contributed by atoms with Gasteiger partial charge >= 0.3 is 0 Å². The number of nitrogens with one attached hydrogen (secondary N) is 1. The van der Waals surface area contributed by atoms with Crippen LogP contribution in [0.4, 0.5) is 11.5 Å². The zero-order chi connectivity index (χ0) is 13.0. The number of rotatable bonds is 5. The molecule has 0 radical (unpaired) electrons. The molecule has 94 valence electrons. The lowest BCUT2D eigenvalue weighted by molar-refractivity contribution is 0.0996. The fourth-order valence-electron chi connectivity index (χ4n) is 1.24. The van der Waals surface area contributed by atoms with Crippen molar-refractivity contribution in [3.8, 4) is 0 Å². The lowest BCUT2D eigenvalue weighted by Crippen LogP contribution is -2.19. The summed E-state index contributed by atoms with van der Waals surface area (Å²) in [6, 6.07) is 3.16. The minimum Gasteiger partial charge on any atom is -0.396 e. The van der Waals surface area contributed by atoms with Crippen molar-refractivity contribution < 1.29 is 4.79 Å². The molecule has 1 heterocycles. The van der Waals surface area contributed by atoms with E-state index in [-0.39, 0.29) is 5.69 Å². The molecule has 1 unspecified atom stereocenters. The number of hydrogen-bond donors (Lipinski definition) is 3. The second-order valence-corrected chi connectivity index (χ2v) is 4.60. The molecule has 5 heteroatoms. The second-order valence-electron chi connectivity index (χ2n) is 4.60. The van der Waals surface area contributed by atoms with Gasteiger partial charge in [0, 0.05) is 6.54 Å². The predicted octanol–water partition coefficient (Wildman–Crippen LogP) is 1.47. The van der Waals surface area contributed by atoms with Crippen LogP contribution in [-0.2, 0) is 0 Å². The monoisotopic (exact) mass is 236 g/mol. The van der Waals surface area contributed by atoms with Gasteiger partial charge in [0.25, 0.3) is 5.91 Å². The van der Waals surface area contributed by atoms with E-state index in [4.69, 9.17) is 11.5 Å². The van der Waals surface area contributed by atoms with Gasteiger partial charge in [-0.15, -0.1) is 0 Å². The number of nitrogens with two attached hydrogens (primary N) is 2. The summed E-state index contributed by atoms with van der Waals surface area (Å²) in [6.07, 6.45) is 0. The number of anilines is 2. The summed E-state index contributed by atoms with van der Waals surface area (Å²) in [4.78, 5) is 15.1. The van der Waals surface area contributed by atoms with Crippen LogP contribution < -0.4 is 16.8 Å². The normalized spacial score (nSPS) is 12.5. The highest BCUT2D eigenvalue weighted by atomic mass is 16.1. The first-order valence-corrected chi connectivity index (χ1v) is 5.72. The maximum absolute atomic E-state index is 11.0. The Kier molecular flexibility index (Phi) is 4.31. The van der Waals surface area contributed by atoms with Gasteiger partial charge in [-0.3, -0.25) is 4.79 Å². The summed E-state index contributed by atoms with van der Waals surface area (Å²) in [5.74, 6) is 1.04. The SMILES string of the molecule is CC(C)C(C)CNc1nc(C(N)=O)ccc1N. The van der Waals surface area contributed by atoms with E-state index in [1.54, 1.807) is 6.07 Å². The number of amides is 1. The molecule has 0 saturated heterocycles. The Balaban J connectivity index is 2.76. The summed E-state index contributed by atoms with van der Waals surface area (Å²) in [6.45, 7) is 7.22. The number of nitrogens with zero attached hydrogens (tertiary/aromatic N) is 1. The Hall–Kier alpha value is -1.78. The van der Waals surface area contributed by atoms with E-state index in [1.807, 2.05) is 0 Å². The Morgan fingerprint density at radius 2 is 2.06 bits per heavy atom. The van der Waals surface area contributed by atoms with Gasteiger partial charge in [0.15, 0.2) is 0 Å². The van der Waals surface area contributed by atoms with Crippen molar-refractivity contribution in [2.24, 2.45) is 17.6 Å². The number of carbonyl (C=O) groups excluding carboxylic acids is 1. The number of aromatic nitrogens is 1. The fourth-order valence-corrected chi connectivity index (χ4v) is 1.24. The fraction of sp³-hybridized carbons (Fsp3) is 0.500. The first-order chi connectivity index (χ1) is 7.91. The average Bonchev–Trinajstić information content (AvgIpc) is 2.26. The molecule has 0 aromatic carbocycles. The van der Waals surface area contributed by atoms with Crippen molar-refractivity contribution in [1.82, 2.24) is 4.98 Å². The van der Waals surface area contributed by atoms with E-state index in [0.29, 0.717) is 23.3 Å². The molecule has 0 aliphatic carbocycles. The molecule has 1 aromatic heterocycles. The van der Waals surface area contributed by atoms with Gasteiger partial charge < -0.3 is 16.8 Å². The van der Waals surface area contributed by atoms with Crippen LogP contribution in [0.2, 0.25) is 0 Å². The minimum atomic E-state index is -0.551. The summed E-state index contributed by atoms with van der Waals surface area (Å²) in [7, 11) is 0. The maximum Gasteiger partial charge on any atom is 0.267 e. The molecule has 5 nitrogen and oxygen atoms in total. The van der Waals surface area contributed by atoms with Crippen molar-refractivity contribution >= 4 is 17.4 Å². The van der Waals surface area contributed by atoms with Crippen LogP contribution >= 0.6 is 0 Å². The first kappa shape index (κ1) is 13.3. The van der Waals surface area contributed by atoms with Gasteiger partial charge in [0.2, 0.25) is 0 Å². The van der Waals surface area contributed by atoms with Crippen LogP contribution in [0.25, 0.3) is 0 Å². The highest BCUT2D eigenvalue weighted by Gasteiger charge is 2.10. The van der Waals surface area contributed by atoms with Gasteiger partial charge in [-0.05, 0) is 24.0 Å². The Bertz CT molecular complexity index is 403. The van der Waals surface area contributed by atoms with Crippen molar-refractivity contribution in [2.75, 3.05) is 17.6 Å². The van der Waals surface area contributed by atoms with Crippen molar-refractivity contribution in [3.05, 3.63) is 17.8 Å². The van der Waals surface area contributed by atoms with E-state index in [2.05, 4.69) is 31.1 Å². The highest BCUT2D eigenvalue weighted by Crippen LogP contribution is 2.17. The third-order valence-electron chi connectivity index (χ3n) is 2.91. The largest absolute Gasteiger partial charge is 0.396 e. The van der Waals surface area contributed by atoms with Gasteiger partial charge in [-0.1, -0.05) is 20.8 Å². The minimum absolute atomic E-state index is 0.221. The summed E-state index contributed by atoms with van der Waals surface area (Å²) < 4.78 is 0. The predicted molar refractivity (Wildman–Crippen MR) is 69.7 cm³/mol. The van der Waals surface area contributed by atoms with Gasteiger partial charge in [-0.25, -0.2) is 4.98 Å². The average molecular weight is 236 g/mol. The van der Waals surface area contributed by atoms with Crippen LogP contribution in [-0.4, -0.2) is 17.4 Å². The topological polar surface area (TPSA) is 94.0 Å². The maximum atomic E-state index is 11.0. The smallest absolute Gasteiger partial charge is 0.267 e. The number of pyridine rings is 1. The van der Waals surface area contributed by atoms with E-state index in [0.717, 1.165) is 6.54 Å². The van der Waals surface area contributed by atoms with Crippen LogP contribution in [0.3, 0.4) is 0 Å². The lowest BCUT2D eigenvalue weighted by Gasteiger charge is -2.17. The van der Waals surface area contributed by atoms with E-state index in [1.165, 1.54) is 6.07 Å². The highest BCUT2D eigenvalue weighted by molar-refractivity contribution is 5.91. The van der Waals surface area contributed by atoms with Gasteiger partial charge in [0.1, 0.15) is 11.5 Å². The molecule has 1 amide bonds. The van der Waals surface area contributed by atoms with Gasteiger partial charge in [0.05, 0.1) is 5.69 Å². The quantitative estimate of drug-likeness (QED) is 0.721. The zero-order valence-electron chi connectivity index (χ0n) is 10.5. The number of carbonyl (C=O) groups is 1. The molecule has 0 bridgehead atoms. The van der Waals surface area contributed by atoms with E-state index in [9.17, 15) is 4.79 Å². The van der Waals surface area contributed by atoms with E-state index >= 15 is 0 Å². The van der Waals surface area contributed by atoms with Crippen LogP contribution in [0, 0.1) is 11.8 Å². The molecule has 0 aliphatic heterocycles. The third kappa shape index (κ3) is 3.62. The standard InChI is InChI=1S/C12H20N4O/c1-7(2)8(3)6-15-12-9(13)4-5-10(16-12)11(14)17/h4-5,7-8H,6,13H2,1-3H3,(H2,14,17)(H,15,16). The Morgan fingerprint density at radius 1 is 1.41 bits per heavy atom. The van der Waals surface area contributed by atoms with Crippen molar-refractivity contribution in [2.45, 2.75) is 20.8 Å². The molecular formula is C12H20N4O. The molecule has 5 N–H and O–H groups in total. The number of nitrogen functional groups attached to an aromatic ring is 1. The summed E-state index contributed by atoms with van der Waals surface area (Å²) in [5, 5.41) is 3.15. The first-order valence-electron chi connectivity index (χ1n) is 5.72. The van der Waals surface area contributed by atoms with Crippen LogP contribution in [0.5, 0.6) is 0 Å². The molecule has 0 spiro atoms. The zero-order valence-corrected chi connectivity index (χ0v) is 10.5. The lowest BCUT2D eigenvalue weighted by atomic mass is 9.98. The van der Waals surface area contributed by atoms with E-state index < -0.39 is 5.91 Å². The molecule has 0 aliphatic rings. The molecular weight excluding hydrogens is 216 g/mol. The van der Waals surface area contributed by atoms with Crippen LogP contribution in [0.1, 0.15) is 31.3 Å². The van der Waals surface area contributed by atoms with Crippen molar-refractivity contribution in [3.63, 3.8) is 0 Å². The Morgan fingerprint density at radius 3 is 2.59 bits per heavy atom. The Labute approximate surface area is 102 Å². The second kappa shape index (κ2) is 5.52. The van der Waals surface area contributed by atoms with Crippen molar-refractivity contribution in [1.29, 1.82) is 0 Å². The molecule has 1 rings (SSSR count). The summed E-state index contributed by atoms with van der Waals surface area (Å²) >= 11 is 0. The van der Waals surface area contributed by atoms with Gasteiger partial charge in [-0.2, -0.15) is 0 Å². The summed E-state index contributed by atoms with van der Waals surface area (Å²) in [5.41, 5.74) is 11.7.